The molecule has 0 bridgehead atoms. The monoisotopic (exact) mass is 328 g/mol. The molecular weight excluding hydrogens is 308 g/mol. The Labute approximate surface area is 140 Å². The molecule has 24 heavy (non-hydrogen) atoms. The highest BCUT2D eigenvalue weighted by Gasteiger charge is 2.20. The number of rotatable bonds is 3. The number of benzene rings is 2. The van der Waals surface area contributed by atoms with E-state index in [0.717, 1.165) is 17.2 Å². The Morgan fingerprint density at radius 2 is 1.71 bits per heavy atom. The first-order chi connectivity index (χ1) is 11.2. The van der Waals surface area contributed by atoms with Gasteiger partial charge in [0.1, 0.15) is 28.6 Å². The summed E-state index contributed by atoms with van der Waals surface area (Å²) in [5.41, 5.74) is 2.44. The van der Waals surface area contributed by atoms with Gasteiger partial charge in [-0.2, -0.15) is 0 Å². The predicted octanol–water partition coefficient (Wildman–Crippen LogP) is 4.06. The third-order valence-corrected chi connectivity index (χ3v) is 3.93. The van der Waals surface area contributed by atoms with Crippen LogP contribution in [0.15, 0.2) is 30.3 Å². The number of phenols is 3. The Kier molecular flexibility index (Phi) is 4.83. The summed E-state index contributed by atoms with van der Waals surface area (Å²) in [4.78, 5) is 12.4. The van der Waals surface area contributed by atoms with E-state index >= 15 is 0 Å². The SMILES string of the molecule is C/C=C(\C)c1cc(O)c(C)c(OC(=O)c2c(C)cc(O)cc2O)c1. The van der Waals surface area contributed by atoms with Gasteiger partial charge < -0.3 is 20.1 Å². The van der Waals surface area contributed by atoms with E-state index in [-0.39, 0.29) is 28.6 Å². The molecule has 3 N–H and O–H groups in total. The van der Waals surface area contributed by atoms with E-state index in [4.69, 9.17) is 4.74 Å². The Morgan fingerprint density at radius 1 is 1.04 bits per heavy atom. The van der Waals surface area contributed by atoms with Crippen molar-refractivity contribution in [2.24, 2.45) is 0 Å². The lowest BCUT2D eigenvalue weighted by Crippen LogP contribution is -2.11. The molecular formula is C19H20O5. The second-order valence-corrected chi connectivity index (χ2v) is 5.64. The van der Waals surface area contributed by atoms with Crippen LogP contribution in [0, 0.1) is 13.8 Å². The van der Waals surface area contributed by atoms with Crippen LogP contribution in [0.4, 0.5) is 0 Å². The van der Waals surface area contributed by atoms with E-state index in [2.05, 4.69) is 0 Å². The molecule has 5 heteroatoms. The van der Waals surface area contributed by atoms with Crippen LogP contribution in [0.2, 0.25) is 0 Å². The molecule has 2 aromatic carbocycles. The van der Waals surface area contributed by atoms with E-state index in [1.807, 2.05) is 19.9 Å². The number of phenolic OH excluding ortho intramolecular Hbond substituents is 3. The minimum absolute atomic E-state index is 0.0168. The molecule has 0 unspecified atom stereocenters. The Bertz CT molecular complexity index is 811. The molecule has 0 saturated carbocycles. The Morgan fingerprint density at radius 3 is 2.29 bits per heavy atom. The van der Waals surface area contributed by atoms with Crippen LogP contribution in [0.3, 0.4) is 0 Å². The van der Waals surface area contributed by atoms with E-state index < -0.39 is 5.97 Å². The van der Waals surface area contributed by atoms with Gasteiger partial charge in [-0.25, -0.2) is 4.79 Å². The lowest BCUT2D eigenvalue weighted by molar-refractivity contribution is 0.0729. The van der Waals surface area contributed by atoms with Crippen molar-refractivity contribution in [3.8, 4) is 23.0 Å². The molecule has 2 rings (SSSR count). The molecule has 0 radical (unpaired) electrons. The first-order valence-electron chi connectivity index (χ1n) is 7.46. The second kappa shape index (κ2) is 6.66. The standard InChI is InChI=1S/C19H20O5/c1-5-10(2)13-7-15(21)12(4)17(8-13)24-19(23)18-11(3)6-14(20)9-16(18)22/h5-9,20-22H,1-4H3/b10-5+. The van der Waals surface area contributed by atoms with Gasteiger partial charge >= 0.3 is 5.97 Å². The first kappa shape index (κ1) is 17.4. The summed E-state index contributed by atoms with van der Waals surface area (Å²) >= 11 is 0. The van der Waals surface area contributed by atoms with Crippen LogP contribution in [0.25, 0.3) is 5.57 Å². The number of carbonyl (C=O) groups is 1. The molecule has 5 nitrogen and oxygen atoms in total. The van der Waals surface area contributed by atoms with Crippen molar-refractivity contribution in [3.05, 3.63) is 52.6 Å². The number of carbonyl (C=O) groups excluding carboxylic acids is 1. The van der Waals surface area contributed by atoms with Crippen molar-refractivity contribution in [3.63, 3.8) is 0 Å². The quantitative estimate of drug-likeness (QED) is 0.584. The number of aryl methyl sites for hydroxylation is 1. The van der Waals surface area contributed by atoms with Crippen molar-refractivity contribution in [1.29, 1.82) is 0 Å². The molecule has 0 aliphatic rings. The molecule has 0 fully saturated rings. The van der Waals surface area contributed by atoms with Crippen molar-refractivity contribution < 1.29 is 24.9 Å². The minimum Gasteiger partial charge on any atom is -0.508 e. The summed E-state index contributed by atoms with van der Waals surface area (Å²) in [6.45, 7) is 6.97. The number of esters is 1. The Hall–Kier alpha value is -2.95. The highest BCUT2D eigenvalue weighted by atomic mass is 16.5. The van der Waals surface area contributed by atoms with E-state index in [9.17, 15) is 20.1 Å². The average Bonchev–Trinajstić information content (AvgIpc) is 2.49. The zero-order chi connectivity index (χ0) is 18.0. The summed E-state index contributed by atoms with van der Waals surface area (Å²) in [6.07, 6.45) is 1.88. The van der Waals surface area contributed by atoms with Crippen molar-refractivity contribution in [1.82, 2.24) is 0 Å². The second-order valence-electron chi connectivity index (χ2n) is 5.64. The van der Waals surface area contributed by atoms with Gasteiger partial charge in [-0.3, -0.25) is 0 Å². The van der Waals surface area contributed by atoms with Crippen LogP contribution >= 0.6 is 0 Å². The van der Waals surface area contributed by atoms with Gasteiger partial charge in [-0.15, -0.1) is 0 Å². The maximum absolute atomic E-state index is 12.4. The lowest BCUT2D eigenvalue weighted by Gasteiger charge is -2.13. The summed E-state index contributed by atoms with van der Waals surface area (Å²) in [7, 11) is 0. The van der Waals surface area contributed by atoms with E-state index in [1.54, 1.807) is 26.0 Å². The van der Waals surface area contributed by atoms with E-state index in [1.165, 1.54) is 6.07 Å². The summed E-state index contributed by atoms with van der Waals surface area (Å²) < 4.78 is 5.38. The summed E-state index contributed by atoms with van der Waals surface area (Å²) in [5.74, 6) is -1.03. The molecule has 0 atom stereocenters. The fourth-order valence-corrected chi connectivity index (χ4v) is 2.34. The maximum atomic E-state index is 12.4. The van der Waals surface area contributed by atoms with Crippen molar-refractivity contribution in [2.45, 2.75) is 27.7 Å². The van der Waals surface area contributed by atoms with Gasteiger partial charge in [-0.05, 0) is 62.6 Å². The van der Waals surface area contributed by atoms with Crippen LogP contribution in [-0.2, 0) is 0 Å². The molecule has 0 spiro atoms. The van der Waals surface area contributed by atoms with Crippen molar-refractivity contribution in [2.75, 3.05) is 0 Å². The highest BCUT2D eigenvalue weighted by molar-refractivity contribution is 5.96. The van der Waals surface area contributed by atoms with Crippen LogP contribution in [-0.4, -0.2) is 21.3 Å². The lowest BCUT2D eigenvalue weighted by atomic mass is 10.0. The number of aromatic hydroxyl groups is 3. The van der Waals surface area contributed by atoms with Gasteiger partial charge in [-0.1, -0.05) is 6.08 Å². The third kappa shape index (κ3) is 3.35. The fraction of sp³-hybridized carbons (Fsp3) is 0.211. The molecule has 0 aliphatic heterocycles. The topological polar surface area (TPSA) is 87.0 Å². The fourth-order valence-electron chi connectivity index (χ4n) is 2.34. The van der Waals surface area contributed by atoms with Crippen LogP contribution in [0.5, 0.6) is 23.0 Å². The van der Waals surface area contributed by atoms with Gasteiger partial charge in [0.15, 0.2) is 0 Å². The van der Waals surface area contributed by atoms with Gasteiger partial charge in [0.25, 0.3) is 0 Å². The van der Waals surface area contributed by atoms with Gasteiger partial charge in [0, 0.05) is 11.6 Å². The maximum Gasteiger partial charge on any atom is 0.347 e. The average molecular weight is 328 g/mol. The molecule has 126 valence electrons. The molecule has 2 aromatic rings. The van der Waals surface area contributed by atoms with E-state index in [0.29, 0.717) is 11.1 Å². The van der Waals surface area contributed by atoms with Crippen LogP contribution < -0.4 is 4.74 Å². The van der Waals surface area contributed by atoms with Crippen LogP contribution in [0.1, 0.15) is 40.9 Å². The molecule has 0 aromatic heterocycles. The zero-order valence-electron chi connectivity index (χ0n) is 14.0. The number of allylic oxidation sites excluding steroid dienone is 2. The normalized spacial score (nSPS) is 11.4. The van der Waals surface area contributed by atoms with Gasteiger partial charge in [0.05, 0.1) is 0 Å². The smallest absolute Gasteiger partial charge is 0.347 e. The molecule has 0 heterocycles. The molecule has 0 aliphatic carbocycles. The first-order valence-corrected chi connectivity index (χ1v) is 7.46. The predicted molar refractivity (Wildman–Crippen MR) is 91.6 cm³/mol. The zero-order valence-corrected chi connectivity index (χ0v) is 14.0. The highest BCUT2D eigenvalue weighted by Crippen LogP contribution is 2.34. The largest absolute Gasteiger partial charge is 0.508 e. The molecule has 0 amide bonds. The third-order valence-electron chi connectivity index (χ3n) is 3.93. The summed E-state index contributed by atoms with van der Waals surface area (Å²) in [6, 6.07) is 5.70. The minimum atomic E-state index is -0.761. The van der Waals surface area contributed by atoms with Crippen molar-refractivity contribution >= 4 is 11.5 Å². The number of ether oxygens (including phenoxy) is 1. The Balaban J connectivity index is 2.45. The molecule has 0 saturated heterocycles. The summed E-state index contributed by atoms with van der Waals surface area (Å²) in [5, 5.41) is 29.4. The number of hydrogen-bond acceptors (Lipinski definition) is 5. The number of hydrogen-bond donors (Lipinski definition) is 3. The van der Waals surface area contributed by atoms with Gasteiger partial charge in [0.2, 0.25) is 0 Å².